The van der Waals surface area contributed by atoms with Gasteiger partial charge in [-0.25, -0.2) is 0 Å². The van der Waals surface area contributed by atoms with Gasteiger partial charge in [0, 0.05) is 6.61 Å². The molecule has 0 spiro atoms. The van der Waals surface area contributed by atoms with E-state index in [4.69, 9.17) is 9.26 Å². The predicted octanol–water partition coefficient (Wildman–Crippen LogP) is 1.87. The summed E-state index contributed by atoms with van der Waals surface area (Å²) in [6.07, 6.45) is 1.26. The van der Waals surface area contributed by atoms with Crippen LogP contribution in [0.25, 0.3) is 0 Å². The van der Waals surface area contributed by atoms with Crippen LogP contribution in [0.4, 0.5) is 0 Å². The SMILES string of the molecule is CCCOCc1noc(C(CC)C(C)O)n1. The molecule has 0 saturated carbocycles. The van der Waals surface area contributed by atoms with Crippen LogP contribution in [0.5, 0.6) is 0 Å². The maximum atomic E-state index is 9.53. The molecule has 0 aromatic carbocycles. The highest BCUT2D eigenvalue weighted by molar-refractivity contribution is 4.95. The summed E-state index contributed by atoms with van der Waals surface area (Å²) >= 11 is 0. The molecule has 0 amide bonds. The van der Waals surface area contributed by atoms with E-state index in [1.807, 2.05) is 13.8 Å². The topological polar surface area (TPSA) is 68.4 Å². The fraction of sp³-hybridized carbons (Fsp3) is 0.818. The number of hydrogen-bond donors (Lipinski definition) is 1. The van der Waals surface area contributed by atoms with Gasteiger partial charge in [-0.2, -0.15) is 4.98 Å². The van der Waals surface area contributed by atoms with E-state index < -0.39 is 6.10 Å². The first-order valence-electron chi connectivity index (χ1n) is 5.77. The second-order valence-electron chi connectivity index (χ2n) is 3.86. The number of rotatable bonds is 7. The third-order valence-electron chi connectivity index (χ3n) is 2.40. The Morgan fingerprint density at radius 3 is 2.75 bits per heavy atom. The normalized spacial score (nSPS) is 15.0. The molecule has 5 nitrogen and oxygen atoms in total. The quantitative estimate of drug-likeness (QED) is 0.721. The van der Waals surface area contributed by atoms with E-state index in [0.717, 1.165) is 12.8 Å². The summed E-state index contributed by atoms with van der Waals surface area (Å²) in [7, 11) is 0. The molecule has 5 heteroatoms. The molecular formula is C11H20N2O3. The summed E-state index contributed by atoms with van der Waals surface area (Å²) in [6, 6.07) is 0. The largest absolute Gasteiger partial charge is 0.393 e. The van der Waals surface area contributed by atoms with Gasteiger partial charge in [-0.3, -0.25) is 0 Å². The summed E-state index contributed by atoms with van der Waals surface area (Å²) in [6.45, 7) is 6.81. The maximum absolute atomic E-state index is 9.53. The minimum absolute atomic E-state index is 0.0903. The minimum Gasteiger partial charge on any atom is -0.393 e. The van der Waals surface area contributed by atoms with Crippen LogP contribution in [0, 0.1) is 0 Å². The van der Waals surface area contributed by atoms with Crippen LogP contribution in [0.15, 0.2) is 4.52 Å². The van der Waals surface area contributed by atoms with Gasteiger partial charge in [-0.15, -0.1) is 0 Å². The van der Waals surface area contributed by atoms with Crippen molar-refractivity contribution in [1.29, 1.82) is 0 Å². The average Bonchev–Trinajstić information content (AvgIpc) is 2.67. The lowest BCUT2D eigenvalue weighted by Crippen LogP contribution is -2.14. The molecule has 1 rings (SSSR count). The van der Waals surface area contributed by atoms with E-state index in [0.29, 0.717) is 24.9 Å². The molecule has 1 aromatic rings. The zero-order chi connectivity index (χ0) is 12.0. The number of aliphatic hydroxyl groups excluding tert-OH is 1. The first-order chi connectivity index (χ1) is 7.69. The lowest BCUT2D eigenvalue weighted by Gasteiger charge is -2.12. The van der Waals surface area contributed by atoms with Gasteiger partial charge in [0.1, 0.15) is 6.61 Å². The number of ether oxygens (including phenoxy) is 1. The first-order valence-corrected chi connectivity index (χ1v) is 5.77. The van der Waals surface area contributed by atoms with Gasteiger partial charge in [-0.1, -0.05) is 19.0 Å². The Hall–Kier alpha value is -0.940. The van der Waals surface area contributed by atoms with Crippen LogP contribution in [0.3, 0.4) is 0 Å². The molecule has 0 bridgehead atoms. The Balaban J connectivity index is 2.55. The van der Waals surface area contributed by atoms with Gasteiger partial charge in [0.2, 0.25) is 5.89 Å². The van der Waals surface area contributed by atoms with Crippen molar-refractivity contribution in [3.63, 3.8) is 0 Å². The van der Waals surface area contributed by atoms with E-state index in [1.165, 1.54) is 0 Å². The van der Waals surface area contributed by atoms with E-state index in [1.54, 1.807) is 6.92 Å². The Kier molecular flexibility index (Phi) is 5.42. The van der Waals surface area contributed by atoms with Crippen molar-refractivity contribution in [1.82, 2.24) is 10.1 Å². The minimum atomic E-state index is -0.477. The molecule has 0 radical (unpaired) electrons. The maximum Gasteiger partial charge on any atom is 0.232 e. The second kappa shape index (κ2) is 6.60. The first kappa shape index (κ1) is 13.1. The van der Waals surface area contributed by atoms with Crippen LogP contribution in [0.2, 0.25) is 0 Å². The smallest absolute Gasteiger partial charge is 0.232 e. The standard InChI is InChI=1S/C11H20N2O3/c1-4-6-15-7-10-12-11(16-13-10)9(5-2)8(3)14/h8-9,14H,4-7H2,1-3H3. The number of nitrogens with zero attached hydrogens (tertiary/aromatic N) is 2. The molecule has 2 atom stereocenters. The summed E-state index contributed by atoms with van der Waals surface area (Å²) in [5.74, 6) is 0.947. The second-order valence-corrected chi connectivity index (χ2v) is 3.86. The van der Waals surface area contributed by atoms with Crippen molar-refractivity contribution < 1.29 is 14.4 Å². The van der Waals surface area contributed by atoms with Crippen molar-refractivity contribution in [2.45, 2.75) is 52.2 Å². The number of aromatic nitrogens is 2. The molecule has 1 aromatic heterocycles. The third-order valence-corrected chi connectivity index (χ3v) is 2.40. The highest BCUT2D eigenvalue weighted by Crippen LogP contribution is 2.21. The molecule has 2 unspecified atom stereocenters. The Morgan fingerprint density at radius 2 is 2.19 bits per heavy atom. The third kappa shape index (κ3) is 3.57. The number of aliphatic hydroxyl groups is 1. The average molecular weight is 228 g/mol. The Bertz CT molecular complexity index is 299. The zero-order valence-electron chi connectivity index (χ0n) is 10.1. The van der Waals surface area contributed by atoms with Crippen molar-refractivity contribution in [2.24, 2.45) is 0 Å². The molecular weight excluding hydrogens is 208 g/mol. The van der Waals surface area contributed by atoms with Crippen LogP contribution < -0.4 is 0 Å². The molecule has 1 N–H and O–H groups in total. The Morgan fingerprint density at radius 1 is 1.44 bits per heavy atom. The highest BCUT2D eigenvalue weighted by Gasteiger charge is 2.21. The van der Waals surface area contributed by atoms with Crippen LogP contribution in [-0.4, -0.2) is 28.0 Å². The van der Waals surface area contributed by atoms with E-state index in [2.05, 4.69) is 10.1 Å². The molecule has 0 aliphatic carbocycles. The van der Waals surface area contributed by atoms with Gasteiger partial charge >= 0.3 is 0 Å². The van der Waals surface area contributed by atoms with Gasteiger partial charge in [0.25, 0.3) is 0 Å². The fourth-order valence-corrected chi connectivity index (χ4v) is 1.51. The van der Waals surface area contributed by atoms with Crippen molar-refractivity contribution in [3.05, 3.63) is 11.7 Å². The predicted molar refractivity (Wildman–Crippen MR) is 59.0 cm³/mol. The molecule has 16 heavy (non-hydrogen) atoms. The summed E-state index contributed by atoms with van der Waals surface area (Å²) in [5.41, 5.74) is 0. The van der Waals surface area contributed by atoms with Crippen LogP contribution in [0.1, 0.15) is 51.2 Å². The van der Waals surface area contributed by atoms with Gasteiger partial charge in [0.05, 0.1) is 12.0 Å². The van der Waals surface area contributed by atoms with E-state index in [-0.39, 0.29) is 5.92 Å². The Labute approximate surface area is 95.8 Å². The summed E-state index contributed by atoms with van der Waals surface area (Å²) < 4.78 is 10.4. The van der Waals surface area contributed by atoms with Gasteiger partial charge in [0.15, 0.2) is 5.82 Å². The summed E-state index contributed by atoms with van der Waals surface area (Å²) in [4.78, 5) is 4.21. The van der Waals surface area contributed by atoms with Crippen molar-refractivity contribution in [2.75, 3.05) is 6.61 Å². The van der Waals surface area contributed by atoms with E-state index >= 15 is 0 Å². The molecule has 0 saturated heterocycles. The monoisotopic (exact) mass is 228 g/mol. The fourth-order valence-electron chi connectivity index (χ4n) is 1.51. The van der Waals surface area contributed by atoms with Crippen LogP contribution >= 0.6 is 0 Å². The number of hydrogen-bond acceptors (Lipinski definition) is 5. The van der Waals surface area contributed by atoms with Crippen molar-refractivity contribution >= 4 is 0 Å². The zero-order valence-corrected chi connectivity index (χ0v) is 10.1. The molecule has 0 aliphatic rings. The highest BCUT2D eigenvalue weighted by atomic mass is 16.5. The van der Waals surface area contributed by atoms with E-state index in [9.17, 15) is 5.11 Å². The lowest BCUT2D eigenvalue weighted by atomic mass is 10.0. The van der Waals surface area contributed by atoms with Crippen molar-refractivity contribution in [3.8, 4) is 0 Å². The lowest BCUT2D eigenvalue weighted by molar-refractivity contribution is 0.114. The van der Waals surface area contributed by atoms with Gasteiger partial charge in [-0.05, 0) is 19.8 Å². The van der Waals surface area contributed by atoms with Gasteiger partial charge < -0.3 is 14.4 Å². The molecule has 0 aliphatic heterocycles. The van der Waals surface area contributed by atoms with Crippen LogP contribution in [-0.2, 0) is 11.3 Å². The molecule has 1 heterocycles. The molecule has 92 valence electrons. The molecule has 0 fully saturated rings. The summed E-state index contributed by atoms with van der Waals surface area (Å²) in [5, 5.41) is 13.3.